The number of benzene rings is 2. The zero-order valence-electron chi connectivity index (χ0n) is 11.3. The van der Waals surface area contributed by atoms with Crippen molar-refractivity contribution in [2.75, 3.05) is 5.32 Å². The van der Waals surface area contributed by atoms with Gasteiger partial charge in [0.1, 0.15) is 5.54 Å². The van der Waals surface area contributed by atoms with E-state index in [0.29, 0.717) is 6.42 Å². The molecule has 0 bridgehead atoms. The molecule has 0 aliphatic rings. The molecular formula is C16H17BrN2O. The van der Waals surface area contributed by atoms with Gasteiger partial charge < -0.3 is 11.1 Å². The van der Waals surface area contributed by atoms with E-state index in [9.17, 15) is 4.79 Å². The van der Waals surface area contributed by atoms with E-state index >= 15 is 0 Å². The maximum absolute atomic E-state index is 12.1. The fourth-order valence-corrected chi connectivity index (χ4v) is 2.51. The normalized spacial score (nSPS) is 13.5. The second-order valence-corrected chi connectivity index (χ2v) is 5.54. The Labute approximate surface area is 127 Å². The molecule has 2 aromatic carbocycles. The molecule has 0 fully saturated rings. The molecule has 0 heterocycles. The minimum atomic E-state index is -0.894. The predicted molar refractivity (Wildman–Crippen MR) is 85.4 cm³/mol. The van der Waals surface area contributed by atoms with E-state index in [0.717, 1.165) is 15.7 Å². The van der Waals surface area contributed by atoms with E-state index in [2.05, 4.69) is 21.2 Å². The highest BCUT2D eigenvalue weighted by atomic mass is 79.9. The quantitative estimate of drug-likeness (QED) is 0.877. The molecule has 20 heavy (non-hydrogen) atoms. The topological polar surface area (TPSA) is 55.1 Å². The second-order valence-electron chi connectivity index (χ2n) is 4.62. The maximum atomic E-state index is 12.1. The predicted octanol–water partition coefficient (Wildman–Crippen LogP) is 3.65. The molecular weight excluding hydrogens is 316 g/mol. The van der Waals surface area contributed by atoms with Crippen molar-refractivity contribution in [3.63, 3.8) is 0 Å². The lowest BCUT2D eigenvalue weighted by Crippen LogP contribution is -2.47. The number of carbonyl (C=O) groups is 1. The molecule has 0 saturated heterocycles. The van der Waals surface area contributed by atoms with Crippen LogP contribution in [0.15, 0.2) is 59.1 Å². The number of halogens is 1. The smallest absolute Gasteiger partial charge is 0.247 e. The number of nitrogens with two attached hydrogens (primary N) is 1. The van der Waals surface area contributed by atoms with E-state index in [1.807, 2.05) is 61.5 Å². The Hall–Kier alpha value is -1.81. The number of anilines is 1. The summed E-state index contributed by atoms with van der Waals surface area (Å²) >= 11 is 3.40. The van der Waals surface area contributed by atoms with Crippen molar-refractivity contribution in [2.45, 2.75) is 18.9 Å². The highest BCUT2D eigenvalue weighted by molar-refractivity contribution is 9.10. The van der Waals surface area contributed by atoms with Gasteiger partial charge in [-0.3, -0.25) is 4.79 Å². The maximum Gasteiger partial charge on any atom is 0.247 e. The number of nitrogens with one attached hydrogen (secondary N) is 1. The highest BCUT2D eigenvalue weighted by Gasteiger charge is 2.36. The molecule has 0 aliphatic heterocycles. The lowest BCUT2D eigenvalue weighted by atomic mass is 9.86. The van der Waals surface area contributed by atoms with Crippen molar-refractivity contribution in [1.82, 2.24) is 0 Å². The summed E-state index contributed by atoms with van der Waals surface area (Å²) in [5.74, 6) is -0.380. The Morgan fingerprint density at radius 1 is 1.15 bits per heavy atom. The average Bonchev–Trinajstić information content (AvgIpc) is 2.47. The van der Waals surface area contributed by atoms with Gasteiger partial charge in [-0.2, -0.15) is 0 Å². The van der Waals surface area contributed by atoms with Crippen LogP contribution >= 0.6 is 15.9 Å². The summed E-state index contributed by atoms with van der Waals surface area (Å²) in [7, 11) is 0. The van der Waals surface area contributed by atoms with Crippen LogP contribution in [-0.2, 0) is 10.3 Å². The Balaban J connectivity index is 2.42. The fourth-order valence-electron chi connectivity index (χ4n) is 2.25. The van der Waals surface area contributed by atoms with Crippen LogP contribution in [0.4, 0.5) is 5.69 Å². The van der Waals surface area contributed by atoms with E-state index in [1.165, 1.54) is 0 Å². The molecule has 0 spiro atoms. The van der Waals surface area contributed by atoms with E-state index in [-0.39, 0.29) is 5.91 Å². The van der Waals surface area contributed by atoms with Crippen molar-refractivity contribution < 1.29 is 4.79 Å². The summed E-state index contributed by atoms with van der Waals surface area (Å²) in [6.45, 7) is 1.95. The first kappa shape index (κ1) is 14.6. The van der Waals surface area contributed by atoms with Crippen molar-refractivity contribution >= 4 is 27.5 Å². The molecule has 0 aromatic heterocycles. The Morgan fingerprint density at radius 3 is 2.25 bits per heavy atom. The van der Waals surface area contributed by atoms with Gasteiger partial charge in [0.2, 0.25) is 5.91 Å². The largest absolute Gasteiger partial charge is 0.368 e. The average molecular weight is 333 g/mol. The SMILES string of the molecule is CCC(Nc1ccc(Br)cc1)(C(N)=O)c1ccccc1. The van der Waals surface area contributed by atoms with Crippen LogP contribution in [0.1, 0.15) is 18.9 Å². The van der Waals surface area contributed by atoms with E-state index in [4.69, 9.17) is 5.73 Å². The first-order chi connectivity index (χ1) is 9.58. The van der Waals surface area contributed by atoms with Gasteiger partial charge in [0.05, 0.1) is 0 Å². The molecule has 2 rings (SSSR count). The molecule has 3 N–H and O–H groups in total. The van der Waals surface area contributed by atoms with E-state index < -0.39 is 5.54 Å². The summed E-state index contributed by atoms with van der Waals surface area (Å²) in [6.07, 6.45) is 0.572. The van der Waals surface area contributed by atoms with E-state index in [1.54, 1.807) is 0 Å². The minimum Gasteiger partial charge on any atom is -0.368 e. The van der Waals surface area contributed by atoms with Crippen molar-refractivity contribution in [1.29, 1.82) is 0 Å². The molecule has 104 valence electrons. The number of rotatable bonds is 5. The summed E-state index contributed by atoms with van der Waals surface area (Å²) in [5.41, 5.74) is 6.52. The molecule has 1 atom stereocenters. The lowest BCUT2D eigenvalue weighted by Gasteiger charge is -2.32. The lowest BCUT2D eigenvalue weighted by molar-refractivity contribution is -0.122. The van der Waals surface area contributed by atoms with Gasteiger partial charge in [-0.1, -0.05) is 53.2 Å². The minimum absolute atomic E-state index is 0.380. The summed E-state index contributed by atoms with van der Waals surface area (Å²) in [6, 6.07) is 17.3. The second kappa shape index (κ2) is 6.09. The zero-order valence-corrected chi connectivity index (χ0v) is 12.9. The molecule has 4 heteroatoms. The molecule has 0 saturated carbocycles. The first-order valence-electron chi connectivity index (χ1n) is 6.47. The highest BCUT2D eigenvalue weighted by Crippen LogP contribution is 2.30. The molecule has 2 aromatic rings. The number of carbonyl (C=O) groups excluding carboxylic acids is 1. The molecule has 3 nitrogen and oxygen atoms in total. The Morgan fingerprint density at radius 2 is 1.75 bits per heavy atom. The Kier molecular flexibility index (Phi) is 4.45. The molecule has 0 aliphatic carbocycles. The monoisotopic (exact) mass is 332 g/mol. The Bertz CT molecular complexity index is 583. The van der Waals surface area contributed by atoms with Crippen molar-refractivity contribution in [3.05, 3.63) is 64.6 Å². The van der Waals surface area contributed by atoms with Gasteiger partial charge in [0.15, 0.2) is 0 Å². The third-order valence-electron chi connectivity index (χ3n) is 3.42. The molecule has 1 amide bonds. The van der Waals surface area contributed by atoms with Gasteiger partial charge in [0.25, 0.3) is 0 Å². The third kappa shape index (κ3) is 2.85. The van der Waals surface area contributed by atoms with Gasteiger partial charge in [0, 0.05) is 10.2 Å². The third-order valence-corrected chi connectivity index (χ3v) is 3.95. The van der Waals surface area contributed by atoms with Crippen LogP contribution in [0.25, 0.3) is 0 Å². The number of amides is 1. The van der Waals surface area contributed by atoms with Crippen LogP contribution in [-0.4, -0.2) is 5.91 Å². The van der Waals surface area contributed by atoms with Crippen LogP contribution in [0.5, 0.6) is 0 Å². The number of hydrogen-bond acceptors (Lipinski definition) is 2. The summed E-state index contributed by atoms with van der Waals surface area (Å²) in [5, 5.41) is 3.29. The number of primary amides is 1. The molecule has 0 radical (unpaired) electrons. The van der Waals surface area contributed by atoms with Crippen molar-refractivity contribution in [2.24, 2.45) is 5.73 Å². The van der Waals surface area contributed by atoms with Crippen LogP contribution in [0.2, 0.25) is 0 Å². The van der Waals surface area contributed by atoms with Crippen molar-refractivity contribution in [3.8, 4) is 0 Å². The zero-order chi connectivity index (χ0) is 14.6. The molecule has 1 unspecified atom stereocenters. The van der Waals surface area contributed by atoms with Crippen LogP contribution < -0.4 is 11.1 Å². The first-order valence-corrected chi connectivity index (χ1v) is 7.27. The van der Waals surface area contributed by atoms with Crippen LogP contribution in [0.3, 0.4) is 0 Å². The van der Waals surface area contributed by atoms with Gasteiger partial charge in [-0.15, -0.1) is 0 Å². The van der Waals surface area contributed by atoms with Gasteiger partial charge >= 0.3 is 0 Å². The standard InChI is InChI=1S/C16H17BrN2O/c1-2-16(15(18)20,12-6-4-3-5-7-12)19-14-10-8-13(17)9-11-14/h3-11,19H,2H2,1H3,(H2,18,20). The fraction of sp³-hybridized carbons (Fsp3) is 0.188. The summed E-state index contributed by atoms with van der Waals surface area (Å²) < 4.78 is 0.990. The van der Waals surface area contributed by atoms with Gasteiger partial charge in [-0.05, 0) is 36.2 Å². The van der Waals surface area contributed by atoms with Gasteiger partial charge in [-0.25, -0.2) is 0 Å². The van der Waals surface area contributed by atoms with Crippen LogP contribution in [0, 0.1) is 0 Å². The summed E-state index contributed by atoms with van der Waals surface area (Å²) in [4.78, 5) is 12.1. The number of hydrogen-bond donors (Lipinski definition) is 2.